The molecule has 0 aliphatic carbocycles. The van der Waals surface area contributed by atoms with Crippen LogP contribution in [-0.2, 0) is 9.53 Å². The van der Waals surface area contributed by atoms with Crippen LogP contribution in [0.4, 0.5) is 5.69 Å². The molecular formula is C15H20N2O3. The minimum Gasteiger partial charge on any atom is -0.372 e. The molecule has 1 aromatic carbocycles. The van der Waals surface area contributed by atoms with E-state index in [1.807, 2.05) is 13.8 Å². The number of carbonyl (C=O) groups is 2. The zero-order valence-corrected chi connectivity index (χ0v) is 12.1. The molecule has 1 saturated heterocycles. The van der Waals surface area contributed by atoms with Crippen LogP contribution in [0.3, 0.4) is 0 Å². The summed E-state index contributed by atoms with van der Waals surface area (Å²) in [6.45, 7) is 6.55. The van der Waals surface area contributed by atoms with Crippen molar-refractivity contribution in [3.8, 4) is 0 Å². The van der Waals surface area contributed by atoms with E-state index in [-0.39, 0.29) is 24.0 Å². The number of amides is 2. The molecule has 1 aliphatic heterocycles. The average Bonchev–Trinajstić information content (AvgIpc) is 2.36. The molecule has 2 amide bonds. The molecule has 5 heteroatoms. The van der Waals surface area contributed by atoms with Crippen molar-refractivity contribution in [2.75, 3.05) is 18.4 Å². The highest BCUT2D eigenvalue weighted by Crippen LogP contribution is 2.17. The Morgan fingerprint density at radius 3 is 2.50 bits per heavy atom. The maximum Gasteiger partial charge on any atom is 0.254 e. The van der Waals surface area contributed by atoms with Crippen molar-refractivity contribution in [2.45, 2.75) is 33.0 Å². The van der Waals surface area contributed by atoms with E-state index in [1.54, 1.807) is 29.2 Å². The number of morpholine rings is 1. The van der Waals surface area contributed by atoms with Crippen molar-refractivity contribution in [3.05, 3.63) is 29.8 Å². The van der Waals surface area contributed by atoms with E-state index >= 15 is 0 Å². The fourth-order valence-corrected chi connectivity index (χ4v) is 2.46. The summed E-state index contributed by atoms with van der Waals surface area (Å²) in [4.78, 5) is 25.3. The van der Waals surface area contributed by atoms with Gasteiger partial charge in [-0.15, -0.1) is 0 Å². The van der Waals surface area contributed by atoms with Crippen molar-refractivity contribution in [2.24, 2.45) is 0 Å². The highest BCUT2D eigenvalue weighted by Gasteiger charge is 2.26. The second-order valence-corrected chi connectivity index (χ2v) is 5.23. The second kappa shape index (κ2) is 6.05. The lowest BCUT2D eigenvalue weighted by atomic mass is 10.1. The average molecular weight is 276 g/mol. The maximum absolute atomic E-state index is 12.5. The Bertz CT molecular complexity index is 506. The molecule has 1 aliphatic rings. The van der Waals surface area contributed by atoms with Gasteiger partial charge >= 0.3 is 0 Å². The SMILES string of the molecule is CC(=O)Nc1cccc(C(=O)N2C[C@H](C)O[C@@H](C)C2)c1. The third-order valence-electron chi connectivity index (χ3n) is 3.14. The Hall–Kier alpha value is -1.88. The number of benzene rings is 1. The van der Waals surface area contributed by atoms with Crippen LogP contribution in [-0.4, -0.2) is 42.0 Å². The highest BCUT2D eigenvalue weighted by molar-refractivity contribution is 5.96. The van der Waals surface area contributed by atoms with E-state index in [1.165, 1.54) is 6.92 Å². The maximum atomic E-state index is 12.5. The van der Waals surface area contributed by atoms with E-state index in [9.17, 15) is 9.59 Å². The van der Waals surface area contributed by atoms with E-state index in [4.69, 9.17) is 4.74 Å². The van der Waals surface area contributed by atoms with Crippen LogP contribution in [0.2, 0.25) is 0 Å². The molecular weight excluding hydrogens is 256 g/mol. The number of hydrogen-bond acceptors (Lipinski definition) is 3. The topological polar surface area (TPSA) is 58.6 Å². The van der Waals surface area contributed by atoms with Gasteiger partial charge in [0.15, 0.2) is 0 Å². The molecule has 0 unspecified atom stereocenters. The third kappa shape index (κ3) is 3.57. The van der Waals surface area contributed by atoms with Crippen molar-refractivity contribution in [1.82, 2.24) is 4.90 Å². The minimum absolute atomic E-state index is 0.0285. The van der Waals surface area contributed by atoms with Crippen LogP contribution < -0.4 is 5.32 Å². The summed E-state index contributed by atoms with van der Waals surface area (Å²) in [6, 6.07) is 7.00. The van der Waals surface area contributed by atoms with Crippen molar-refractivity contribution < 1.29 is 14.3 Å². The Kier molecular flexibility index (Phi) is 4.39. The standard InChI is InChI=1S/C15H20N2O3/c1-10-8-17(9-11(2)20-10)15(19)13-5-4-6-14(7-13)16-12(3)18/h4-7,10-11H,8-9H2,1-3H3,(H,16,18)/t10-,11-/m0/s1. The predicted molar refractivity (Wildman–Crippen MR) is 76.7 cm³/mol. The van der Waals surface area contributed by atoms with Gasteiger partial charge in [-0.1, -0.05) is 6.07 Å². The van der Waals surface area contributed by atoms with Crippen LogP contribution in [0.1, 0.15) is 31.1 Å². The van der Waals surface area contributed by atoms with E-state index in [2.05, 4.69) is 5.32 Å². The van der Waals surface area contributed by atoms with Gasteiger partial charge in [0.25, 0.3) is 5.91 Å². The molecule has 2 rings (SSSR count). The normalized spacial score (nSPS) is 22.4. The number of anilines is 1. The van der Waals surface area contributed by atoms with Gasteiger partial charge in [0, 0.05) is 31.3 Å². The van der Waals surface area contributed by atoms with Crippen molar-refractivity contribution in [3.63, 3.8) is 0 Å². The van der Waals surface area contributed by atoms with E-state index < -0.39 is 0 Å². The predicted octanol–water partition coefficient (Wildman–Crippen LogP) is 1.89. The minimum atomic E-state index is -0.150. The molecule has 5 nitrogen and oxygen atoms in total. The number of nitrogens with one attached hydrogen (secondary N) is 1. The molecule has 0 saturated carbocycles. The number of ether oxygens (including phenoxy) is 1. The molecule has 0 radical (unpaired) electrons. The van der Waals surface area contributed by atoms with Crippen LogP contribution in [0, 0.1) is 0 Å². The zero-order valence-electron chi connectivity index (χ0n) is 12.1. The first-order valence-corrected chi connectivity index (χ1v) is 6.78. The Balaban J connectivity index is 2.14. The molecule has 2 atom stereocenters. The molecule has 0 spiro atoms. The van der Waals surface area contributed by atoms with Gasteiger partial charge in [-0.2, -0.15) is 0 Å². The van der Waals surface area contributed by atoms with Gasteiger partial charge in [-0.3, -0.25) is 9.59 Å². The number of carbonyl (C=O) groups excluding carboxylic acids is 2. The van der Waals surface area contributed by atoms with Crippen LogP contribution in [0.15, 0.2) is 24.3 Å². The monoisotopic (exact) mass is 276 g/mol. The van der Waals surface area contributed by atoms with Gasteiger partial charge in [0.05, 0.1) is 12.2 Å². The Labute approximate surface area is 118 Å². The molecule has 1 aromatic rings. The lowest BCUT2D eigenvalue weighted by molar-refractivity contribution is -0.114. The van der Waals surface area contributed by atoms with Crippen LogP contribution >= 0.6 is 0 Å². The smallest absolute Gasteiger partial charge is 0.254 e. The van der Waals surface area contributed by atoms with E-state index in [0.29, 0.717) is 24.3 Å². The van der Waals surface area contributed by atoms with Gasteiger partial charge in [-0.05, 0) is 32.0 Å². The first kappa shape index (κ1) is 14.5. The number of nitrogens with zero attached hydrogens (tertiary/aromatic N) is 1. The first-order chi connectivity index (χ1) is 9.45. The fourth-order valence-electron chi connectivity index (χ4n) is 2.46. The van der Waals surface area contributed by atoms with Gasteiger partial charge in [0.1, 0.15) is 0 Å². The summed E-state index contributed by atoms with van der Waals surface area (Å²) in [7, 11) is 0. The molecule has 0 aromatic heterocycles. The van der Waals surface area contributed by atoms with Crippen LogP contribution in [0.25, 0.3) is 0 Å². The highest BCUT2D eigenvalue weighted by atomic mass is 16.5. The summed E-state index contributed by atoms with van der Waals surface area (Å²) < 4.78 is 5.63. The molecule has 0 bridgehead atoms. The summed E-state index contributed by atoms with van der Waals surface area (Å²) in [5.41, 5.74) is 1.22. The van der Waals surface area contributed by atoms with Crippen molar-refractivity contribution >= 4 is 17.5 Å². The second-order valence-electron chi connectivity index (χ2n) is 5.23. The van der Waals surface area contributed by atoms with Crippen LogP contribution in [0.5, 0.6) is 0 Å². The van der Waals surface area contributed by atoms with Gasteiger partial charge < -0.3 is 15.0 Å². The molecule has 20 heavy (non-hydrogen) atoms. The largest absolute Gasteiger partial charge is 0.372 e. The first-order valence-electron chi connectivity index (χ1n) is 6.78. The number of hydrogen-bond donors (Lipinski definition) is 1. The quantitative estimate of drug-likeness (QED) is 0.897. The number of rotatable bonds is 2. The molecule has 108 valence electrons. The van der Waals surface area contributed by atoms with Gasteiger partial charge in [-0.25, -0.2) is 0 Å². The summed E-state index contributed by atoms with van der Waals surface area (Å²) >= 11 is 0. The lowest BCUT2D eigenvalue weighted by Gasteiger charge is -2.35. The Morgan fingerprint density at radius 2 is 1.90 bits per heavy atom. The Morgan fingerprint density at radius 1 is 1.25 bits per heavy atom. The zero-order chi connectivity index (χ0) is 14.7. The summed E-state index contributed by atoms with van der Waals surface area (Å²) in [6.07, 6.45) is 0.0856. The van der Waals surface area contributed by atoms with Crippen molar-refractivity contribution in [1.29, 1.82) is 0 Å². The summed E-state index contributed by atoms with van der Waals surface area (Å²) in [5.74, 6) is -0.178. The molecule has 1 fully saturated rings. The molecule has 1 heterocycles. The fraction of sp³-hybridized carbons (Fsp3) is 0.467. The van der Waals surface area contributed by atoms with E-state index in [0.717, 1.165) is 0 Å². The van der Waals surface area contributed by atoms with Gasteiger partial charge in [0.2, 0.25) is 5.91 Å². The third-order valence-corrected chi connectivity index (χ3v) is 3.14. The lowest BCUT2D eigenvalue weighted by Crippen LogP contribution is -2.48. The molecule has 1 N–H and O–H groups in total. The summed E-state index contributed by atoms with van der Waals surface area (Å²) in [5, 5.41) is 2.69.